The average Bonchev–Trinajstić information content (AvgIpc) is 2.41. The number of carbonyl (C=O) groups excluding carboxylic acids is 1. The second-order valence-electron chi connectivity index (χ2n) is 4.87. The number of hydrogen-bond donors (Lipinski definition) is 7. The summed E-state index contributed by atoms with van der Waals surface area (Å²) >= 11 is 0. The van der Waals surface area contributed by atoms with Crippen molar-refractivity contribution in [3.05, 3.63) is 0 Å². The molecule has 1 heterocycles. The molecule has 1 fully saturated rings. The Morgan fingerprint density at radius 1 is 1.05 bits per heavy atom. The van der Waals surface area contributed by atoms with Crippen LogP contribution in [-0.2, 0) is 9.53 Å². The van der Waals surface area contributed by atoms with Gasteiger partial charge in [0.1, 0.15) is 42.7 Å². The lowest BCUT2D eigenvalue weighted by atomic mass is 9.91. The zero-order valence-electron chi connectivity index (χ0n) is 10.8. The Hall–Kier alpha value is -0.650. The largest absolute Gasteiger partial charge is 0.391 e. The molecule has 0 bridgehead atoms. The molecule has 0 saturated carbocycles. The Kier molecular flexibility index (Phi) is 5.98. The molecule has 9 nitrogen and oxygen atoms in total. The van der Waals surface area contributed by atoms with Gasteiger partial charge in [0.2, 0.25) is 0 Å². The fraction of sp³-hybridized carbons (Fsp3) is 0.909. The molecule has 0 amide bonds. The van der Waals surface area contributed by atoms with E-state index in [9.17, 15) is 35.4 Å². The first kappa shape index (κ1) is 17.4. The van der Waals surface area contributed by atoms with Gasteiger partial charge in [-0.3, -0.25) is 4.79 Å². The normalized spacial score (nSPS) is 37.0. The van der Waals surface area contributed by atoms with Crippen LogP contribution in [0.5, 0.6) is 0 Å². The summed E-state index contributed by atoms with van der Waals surface area (Å²) in [4.78, 5) is 11.8. The van der Waals surface area contributed by atoms with E-state index in [1.807, 2.05) is 0 Å². The van der Waals surface area contributed by atoms with E-state index in [0.717, 1.165) is 6.92 Å². The summed E-state index contributed by atoms with van der Waals surface area (Å²) in [6, 6.07) is 0. The van der Waals surface area contributed by atoms with Gasteiger partial charge in [-0.05, 0) is 6.92 Å². The standard InChI is InChI=1S/C11H20O9/c1-3(12)5(14)7(16)8(17)10(19)11-9(18)6(15)4(13)2-20-11/h3-9,11-18H,2H2,1H3/t3-,4+,5-,6-,7+,8+,9+,11?/m0/s1. The Labute approximate surface area is 114 Å². The maximum atomic E-state index is 11.8. The van der Waals surface area contributed by atoms with Crippen molar-refractivity contribution in [3.63, 3.8) is 0 Å². The lowest BCUT2D eigenvalue weighted by Gasteiger charge is -2.36. The minimum absolute atomic E-state index is 0.434. The molecule has 1 aliphatic rings. The molecule has 1 saturated heterocycles. The highest BCUT2D eigenvalue weighted by Gasteiger charge is 2.45. The van der Waals surface area contributed by atoms with Crippen molar-refractivity contribution in [3.8, 4) is 0 Å². The van der Waals surface area contributed by atoms with Crippen LogP contribution in [0.1, 0.15) is 6.92 Å². The number of ketones is 1. The van der Waals surface area contributed by atoms with E-state index in [1.165, 1.54) is 0 Å². The summed E-state index contributed by atoms with van der Waals surface area (Å²) in [6.07, 6.45) is -13.7. The van der Waals surface area contributed by atoms with Gasteiger partial charge in [-0.25, -0.2) is 0 Å². The van der Waals surface area contributed by atoms with Gasteiger partial charge in [-0.1, -0.05) is 0 Å². The Morgan fingerprint density at radius 2 is 1.60 bits per heavy atom. The molecule has 0 spiro atoms. The zero-order chi connectivity index (χ0) is 15.6. The van der Waals surface area contributed by atoms with Crippen LogP contribution >= 0.6 is 0 Å². The van der Waals surface area contributed by atoms with Crippen LogP contribution in [0.4, 0.5) is 0 Å². The number of hydrogen-bond acceptors (Lipinski definition) is 9. The van der Waals surface area contributed by atoms with Gasteiger partial charge >= 0.3 is 0 Å². The number of Topliss-reactive ketones (excluding diaryl/α,β-unsaturated/α-hetero) is 1. The highest BCUT2D eigenvalue weighted by Crippen LogP contribution is 2.19. The van der Waals surface area contributed by atoms with Crippen molar-refractivity contribution in [2.45, 2.75) is 55.8 Å². The molecule has 1 unspecified atom stereocenters. The number of aliphatic hydroxyl groups is 7. The molecule has 8 atom stereocenters. The molecule has 0 aromatic carbocycles. The maximum Gasteiger partial charge on any atom is 0.195 e. The minimum Gasteiger partial charge on any atom is -0.391 e. The molecule has 1 aliphatic heterocycles. The average molecular weight is 296 g/mol. The van der Waals surface area contributed by atoms with Crippen molar-refractivity contribution in [1.29, 1.82) is 0 Å². The molecule has 118 valence electrons. The molecular weight excluding hydrogens is 276 g/mol. The summed E-state index contributed by atoms with van der Waals surface area (Å²) in [6.45, 7) is 0.716. The van der Waals surface area contributed by atoms with Crippen LogP contribution < -0.4 is 0 Å². The minimum atomic E-state index is -2.12. The molecule has 1 rings (SSSR count). The number of ether oxygens (including phenoxy) is 1. The van der Waals surface area contributed by atoms with Crippen LogP contribution in [-0.4, -0.2) is 97.0 Å². The van der Waals surface area contributed by atoms with Crippen LogP contribution in [0.15, 0.2) is 0 Å². The fourth-order valence-corrected chi connectivity index (χ4v) is 1.87. The number of rotatable bonds is 5. The summed E-state index contributed by atoms with van der Waals surface area (Å²) in [5.74, 6) is -1.17. The predicted octanol–water partition coefficient (Wildman–Crippen LogP) is -4.50. The van der Waals surface area contributed by atoms with Crippen LogP contribution in [0, 0.1) is 0 Å². The van der Waals surface area contributed by atoms with Crippen LogP contribution in [0.25, 0.3) is 0 Å². The van der Waals surface area contributed by atoms with E-state index in [1.54, 1.807) is 0 Å². The van der Waals surface area contributed by atoms with Gasteiger partial charge in [0.05, 0.1) is 12.7 Å². The van der Waals surface area contributed by atoms with E-state index >= 15 is 0 Å². The van der Waals surface area contributed by atoms with Crippen LogP contribution in [0.3, 0.4) is 0 Å². The first-order chi connectivity index (χ1) is 9.18. The first-order valence-electron chi connectivity index (χ1n) is 6.10. The molecular formula is C11H20O9. The highest BCUT2D eigenvalue weighted by molar-refractivity contribution is 5.88. The first-order valence-corrected chi connectivity index (χ1v) is 6.10. The van der Waals surface area contributed by atoms with Crippen molar-refractivity contribution < 1.29 is 45.3 Å². The van der Waals surface area contributed by atoms with Gasteiger partial charge in [0.25, 0.3) is 0 Å². The van der Waals surface area contributed by atoms with Gasteiger partial charge < -0.3 is 40.5 Å². The van der Waals surface area contributed by atoms with E-state index in [-0.39, 0.29) is 0 Å². The van der Waals surface area contributed by atoms with Crippen molar-refractivity contribution >= 4 is 5.78 Å². The van der Waals surface area contributed by atoms with Crippen LogP contribution in [0.2, 0.25) is 0 Å². The molecule has 20 heavy (non-hydrogen) atoms. The lowest BCUT2D eigenvalue weighted by Crippen LogP contribution is -2.59. The van der Waals surface area contributed by atoms with Crippen molar-refractivity contribution in [2.75, 3.05) is 6.61 Å². The monoisotopic (exact) mass is 296 g/mol. The van der Waals surface area contributed by atoms with Crippen molar-refractivity contribution in [1.82, 2.24) is 0 Å². The zero-order valence-corrected chi connectivity index (χ0v) is 10.8. The highest BCUT2D eigenvalue weighted by atomic mass is 16.5. The predicted molar refractivity (Wildman–Crippen MR) is 62.5 cm³/mol. The molecule has 0 radical (unpaired) electrons. The topological polar surface area (TPSA) is 168 Å². The summed E-state index contributed by atoms with van der Waals surface area (Å²) in [7, 11) is 0. The number of carbonyl (C=O) groups is 1. The number of aliphatic hydroxyl groups excluding tert-OH is 7. The fourth-order valence-electron chi connectivity index (χ4n) is 1.87. The second-order valence-corrected chi connectivity index (χ2v) is 4.87. The Morgan fingerprint density at radius 3 is 2.10 bits per heavy atom. The molecule has 0 aromatic rings. The third kappa shape index (κ3) is 3.51. The van der Waals surface area contributed by atoms with E-state index < -0.39 is 61.2 Å². The maximum absolute atomic E-state index is 11.8. The van der Waals surface area contributed by atoms with Crippen molar-refractivity contribution in [2.24, 2.45) is 0 Å². The van der Waals surface area contributed by atoms with Gasteiger partial charge in [0, 0.05) is 0 Å². The molecule has 0 aliphatic carbocycles. The van der Waals surface area contributed by atoms with E-state index in [4.69, 9.17) is 9.84 Å². The quantitative estimate of drug-likeness (QED) is 0.264. The SMILES string of the molecule is C[C@H](O)[C@H](O)[C@@H](O)[C@@H](O)C(=O)C1OC[C@@H](O)[C@H](O)[C@H]1O. The summed E-state index contributed by atoms with van der Waals surface area (Å²) in [5.41, 5.74) is 0. The van der Waals surface area contributed by atoms with Gasteiger partial charge in [-0.15, -0.1) is 0 Å². The van der Waals surface area contributed by atoms with E-state index in [2.05, 4.69) is 0 Å². The molecule has 7 N–H and O–H groups in total. The third-order valence-electron chi connectivity index (χ3n) is 3.24. The summed E-state index contributed by atoms with van der Waals surface area (Å²) < 4.78 is 4.82. The van der Waals surface area contributed by atoms with Gasteiger partial charge in [0.15, 0.2) is 5.78 Å². The summed E-state index contributed by atoms with van der Waals surface area (Å²) in [5, 5.41) is 65.8. The smallest absolute Gasteiger partial charge is 0.195 e. The third-order valence-corrected chi connectivity index (χ3v) is 3.24. The van der Waals surface area contributed by atoms with E-state index in [0.29, 0.717) is 0 Å². The Balaban J connectivity index is 2.74. The second kappa shape index (κ2) is 6.87. The Bertz CT molecular complexity index is 334. The lowest BCUT2D eigenvalue weighted by molar-refractivity contribution is -0.199. The van der Waals surface area contributed by atoms with Gasteiger partial charge in [-0.2, -0.15) is 0 Å². The molecule has 0 aromatic heterocycles. The molecule has 9 heteroatoms.